The Morgan fingerprint density at radius 1 is 1.50 bits per heavy atom. The molecular weight excluding hydrogens is 309 g/mol. The van der Waals surface area contributed by atoms with E-state index in [-0.39, 0.29) is 24.5 Å². The second-order valence-electron chi connectivity index (χ2n) is 6.75. The standard InChI is InChI=1S/C18H28FN3O2/c1-3-18(2,9-11-23)21-17(24)20-15-7-5-10-22(13-15)16-8-4-6-14(19)12-16/h4,6,8,12,15,23H,3,5,7,9-11,13H2,1-2H3,(H2,20,21,24). The van der Waals surface area contributed by atoms with Gasteiger partial charge in [0.25, 0.3) is 0 Å². The second-order valence-corrected chi connectivity index (χ2v) is 6.75. The lowest BCUT2D eigenvalue weighted by Crippen LogP contribution is -2.55. The van der Waals surface area contributed by atoms with E-state index in [1.807, 2.05) is 19.9 Å². The third-order valence-electron chi connectivity index (χ3n) is 4.79. The minimum absolute atomic E-state index is 0.0252. The number of rotatable bonds is 6. The van der Waals surface area contributed by atoms with Gasteiger partial charge < -0.3 is 20.6 Å². The maximum atomic E-state index is 13.4. The first kappa shape index (κ1) is 18.5. The minimum atomic E-state index is -0.407. The summed E-state index contributed by atoms with van der Waals surface area (Å²) in [6.07, 6.45) is 3.13. The van der Waals surface area contributed by atoms with E-state index >= 15 is 0 Å². The van der Waals surface area contributed by atoms with Crippen LogP contribution in [-0.4, -0.2) is 42.4 Å². The topological polar surface area (TPSA) is 64.6 Å². The van der Waals surface area contributed by atoms with Crippen molar-refractivity contribution in [3.8, 4) is 0 Å². The third kappa shape index (κ3) is 5.09. The van der Waals surface area contributed by atoms with Crippen LogP contribution in [-0.2, 0) is 0 Å². The fourth-order valence-corrected chi connectivity index (χ4v) is 3.07. The highest BCUT2D eigenvalue weighted by Crippen LogP contribution is 2.21. The van der Waals surface area contributed by atoms with Crippen LogP contribution in [0.4, 0.5) is 14.9 Å². The molecule has 3 N–H and O–H groups in total. The molecule has 6 heteroatoms. The molecule has 2 amide bonds. The summed E-state index contributed by atoms with van der Waals surface area (Å²) in [4.78, 5) is 14.4. The first-order valence-electron chi connectivity index (χ1n) is 8.66. The molecule has 0 aromatic heterocycles. The van der Waals surface area contributed by atoms with Crippen LogP contribution in [0.5, 0.6) is 0 Å². The highest BCUT2D eigenvalue weighted by atomic mass is 19.1. The number of benzene rings is 1. The van der Waals surface area contributed by atoms with Crippen LogP contribution in [0.3, 0.4) is 0 Å². The van der Waals surface area contributed by atoms with Gasteiger partial charge in [-0.25, -0.2) is 9.18 Å². The molecule has 1 aromatic rings. The Balaban J connectivity index is 1.91. The van der Waals surface area contributed by atoms with Crippen molar-refractivity contribution in [1.29, 1.82) is 0 Å². The average molecular weight is 337 g/mol. The molecule has 0 aliphatic carbocycles. The van der Waals surface area contributed by atoms with Crippen molar-refractivity contribution in [2.75, 3.05) is 24.6 Å². The van der Waals surface area contributed by atoms with E-state index in [4.69, 9.17) is 5.11 Å². The van der Waals surface area contributed by atoms with Crippen LogP contribution in [0, 0.1) is 5.82 Å². The first-order valence-corrected chi connectivity index (χ1v) is 8.66. The summed E-state index contributed by atoms with van der Waals surface area (Å²) in [7, 11) is 0. The van der Waals surface area contributed by atoms with Crippen LogP contribution >= 0.6 is 0 Å². The number of hydrogen-bond donors (Lipinski definition) is 3. The summed E-state index contributed by atoms with van der Waals surface area (Å²) < 4.78 is 13.4. The first-order chi connectivity index (χ1) is 11.5. The van der Waals surface area contributed by atoms with Crippen LogP contribution in [0.2, 0.25) is 0 Å². The van der Waals surface area contributed by atoms with E-state index in [2.05, 4.69) is 15.5 Å². The van der Waals surface area contributed by atoms with Crippen molar-refractivity contribution in [1.82, 2.24) is 10.6 Å². The molecule has 24 heavy (non-hydrogen) atoms. The number of aliphatic hydroxyl groups excluding tert-OH is 1. The zero-order chi connectivity index (χ0) is 17.6. The minimum Gasteiger partial charge on any atom is -0.396 e. The largest absolute Gasteiger partial charge is 0.396 e. The number of nitrogens with one attached hydrogen (secondary N) is 2. The molecule has 0 bridgehead atoms. The predicted octanol–water partition coefficient (Wildman–Crippen LogP) is 2.64. The number of amides is 2. The Labute approximate surface area is 143 Å². The van der Waals surface area contributed by atoms with Crippen molar-refractivity contribution in [3.05, 3.63) is 30.1 Å². The molecule has 5 nitrogen and oxygen atoms in total. The summed E-state index contributed by atoms with van der Waals surface area (Å²) in [5.41, 5.74) is 0.441. The maximum Gasteiger partial charge on any atom is 0.315 e. The summed E-state index contributed by atoms with van der Waals surface area (Å²) in [5, 5.41) is 15.1. The molecule has 2 unspecified atom stereocenters. The highest BCUT2D eigenvalue weighted by Gasteiger charge is 2.26. The Bertz CT molecular complexity index is 555. The number of hydrogen-bond acceptors (Lipinski definition) is 3. The van der Waals surface area contributed by atoms with Gasteiger partial charge >= 0.3 is 6.03 Å². The van der Waals surface area contributed by atoms with Gasteiger partial charge in [-0.15, -0.1) is 0 Å². The molecule has 0 saturated carbocycles. The van der Waals surface area contributed by atoms with E-state index in [1.165, 1.54) is 12.1 Å². The Kier molecular flexibility index (Phi) is 6.43. The molecule has 1 fully saturated rings. The number of aliphatic hydroxyl groups is 1. The average Bonchev–Trinajstić information content (AvgIpc) is 2.55. The number of urea groups is 1. The van der Waals surface area contributed by atoms with Gasteiger partial charge in [-0.05, 0) is 50.8 Å². The lowest BCUT2D eigenvalue weighted by atomic mass is 9.95. The van der Waals surface area contributed by atoms with Crippen molar-refractivity contribution >= 4 is 11.7 Å². The number of nitrogens with zero attached hydrogens (tertiary/aromatic N) is 1. The van der Waals surface area contributed by atoms with Crippen LogP contribution in [0.1, 0.15) is 39.5 Å². The van der Waals surface area contributed by atoms with Gasteiger partial charge in [0.2, 0.25) is 0 Å². The van der Waals surface area contributed by atoms with Gasteiger partial charge in [-0.3, -0.25) is 0 Å². The Morgan fingerprint density at radius 2 is 2.29 bits per heavy atom. The molecule has 1 saturated heterocycles. The molecule has 1 heterocycles. The fraction of sp³-hybridized carbons (Fsp3) is 0.611. The highest BCUT2D eigenvalue weighted by molar-refractivity contribution is 5.75. The molecule has 0 spiro atoms. The molecule has 1 aliphatic heterocycles. The van der Waals surface area contributed by atoms with Gasteiger partial charge in [0, 0.05) is 37.0 Å². The normalized spacial score (nSPS) is 20.3. The second kappa shape index (κ2) is 8.33. The lowest BCUT2D eigenvalue weighted by molar-refractivity contribution is 0.197. The Morgan fingerprint density at radius 3 is 2.96 bits per heavy atom. The summed E-state index contributed by atoms with van der Waals surface area (Å²) in [5.74, 6) is -0.247. The van der Waals surface area contributed by atoms with Gasteiger partial charge in [-0.1, -0.05) is 13.0 Å². The van der Waals surface area contributed by atoms with Crippen LogP contribution < -0.4 is 15.5 Å². The fourth-order valence-electron chi connectivity index (χ4n) is 3.07. The van der Waals surface area contributed by atoms with Gasteiger partial charge in [0.05, 0.1) is 0 Å². The van der Waals surface area contributed by atoms with Gasteiger partial charge in [-0.2, -0.15) is 0 Å². The Hall–Kier alpha value is -1.82. The zero-order valence-electron chi connectivity index (χ0n) is 14.5. The number of piperidine rings is 1. The number of halogens is 1. The van der Waals surface area contributed by atoms with Gasteiger partial charge in [0.1, 0.15) is 5.82 Å². The SMILES string of the molecule is CCC(C)(CCO)NC(=O)NC1CCCN(c2cccc(F)c2)C1. The van der Waals surface area contributed by atoms with Crippen molar-refractivity contribution < 1.29 is 14.3 Å². The molecule has 1 aromatic carbocycles. The van der Waals surface area contributed by atoms with Crippen LogP contribution in [0.25, 0.3) is 0 Å². The summed E-state index contributed by atoms with van der Waals surface area (Å²) >= 11 is 0. The summed E-state index contributed by atoms with van der Waals surface area (Å²) in [6.45, 7) is 5.49. The van der Waals surface area contributed by atoms with E-state index in [0.29, 0.717) is 13.0 Å². The van der Waals surface area contributed by atoms with Gasteiger partial charge in [0.15, 0.2) is 0 Å². The molecule has 2 atom stereocenters. The van der Waals surface area contributed by atoms with Crippen molar-refractivity contribution in [2.24, 2.45) is 0 Å². The molecule has 0 radical (unpaired) electrons. The lowest BCUT2D eigenvalue weighted by Gasteiger charge is -2.36. The smallest absolute Gasteiger partial charge is 0.315 e. The predicted molar refractivity (Wildman–Crippen MR) is 93.7 cm³/mol. The van der Waals surface area contributed by atoms with Crippen molar-refractivity contribution in [3.63, 3.8) is 0 Å². The van der Waals surface area contributed by atoms with Crippen LogP contribution in [0.15, 0.2) is 24.3 Å². The summed E-state index contributed by atoms with van der Waals surface area (Å²) in [6, 6.07) is 6.37. The quantitative estimate of drug-likeness (QED) is 0.748. The van der Waals surface area contributed by atoms with E-state index in [1.54, 1.807) is 6.07 Å². The maximum absolute atomic E-state index is 13.4. The van der Waals surface area contributed by atoms with E-state index in [0.717, 1.165) is 31.5 Å². The molecular formula is C18H28FN3O2. The molecule has 134 valence electrons. The number of carbonyl (C=O) groups is 1. The number of carbonyl (C=O) groups excluding carboxylic acids is 1. The molecule has 1 aliphatic rings. The number of anilines is 1. The molecule has 2 rings (SSSR count). The van der Waals surface area contributed by atoms with E-state index < -0.39 is 5.54 Å². The monoisotopic (exact) mass is 337 g/mol. The van der Waals surface area contributed by atoms with Crippen molar-refractivity contribution in [2.45, 2.75) is 51.1 Å². The van der Waals surface area contributed by atoms with E-state index in [9.17, 15) is 9.18 Å². The zero-order valence-corrected chi connectivity index (χ0v) is 14.5. The third-order valence-corrected chi connectivity index (χ3v) is 4.79.